The number of esters is 1. The van der Waals surface area contributed by atoms with E-state index in [1.165, 1.54) is 12.1 Å². The summed E-state index contributed by atoms with van der Waals surface area (Å²) in [5.74, 6) is -2.31. The van der Waals surface area contributed by atoms with Crippen LogP contribution in [-0.2, 0) is 32.1 Å². The number of fused-ring (bicyclic) bond motifs is 1. The standard InChI is InChI=1S/C29H27N3O6/c1-37-28(35)25(26(33)20-12-6-3-7-13-20)32-27(34)24(16-21-17-30-23-15-9-8-14-22(21)23)31-29(36)38-18-19-10-4-2-5-11-19/h2-15,17,24-25,30H,16,18H2,1H3,(H,31,36)(H,32,34)/t24-,25?/m0/s1. The Kier molecular flexibility index (Phi) is 8.50. The summed E-state index contributed by atoms with van der Waals surface area (Å²) in [6.45, 7) is 0.00533. The van der Waals surface area contributed by atoms with Crippen LogP contribution in [-0.4, -0.2) is 47.9 Å². The molecule has 1 heterocycles. The number of alkyl carbamates (subject to hydrolysis) is 1. The summed E-state index contributed by atoms with van der Waals surface area (Å²) >= 11 is 0. The van der Waals surface area contributed by atoms with E-state index >= 15 is 0 Å². The molecule has 0 fully saturated rings. The molecule has 0 radical (unpaired) electrons. The number of ketones is 1. The minimum absolute atomic E-state index is 0.00533. The van der Waals surface area contributed by atoms with Crippen LogP contribution in [0.4, 0.5) is 4.79 Å². The molecule has 3 N–H and O–H groups in total. The van der Waals surface area contributed by atoms with Crippen molar-refractivity contribution in [3.8, 4) is 0 Å². The van der Waals surface area contributed by atoms with E-state index in [0.29, 0.717) is 0 Å². The molecule has 0 saturated carbocycles. The molecule has 1 unspecified atom stereocenters. The number of rotatable bonds is 10. The molecular formula is C29H27N3O6. The van der Waals surface area contributed by atoms with Crippen molar-refractivity contribution in [2.45, 2.75) is 25.1 Å². The molecule has 0 saturated heterocycles. The average Bonchev–Trinajstić information content (AvgIpc) is 3.37. The van der Waals surface area contributed by atoms with Gasteiger partial charge in [-0.15, -0.1) is 0 Å². The molecule has 0 bridgehead atoms. The summed E-state index contributed by atoms with van der Waals surface area (Å²) < 4.78 is 10.1. The first-order valence-electron chi connectivity index (χ1n) is 12.0. The SMILES string of the molecule is COC(=O)C(NC(=O)[C@H](Cc1c[nH]c2ccccc12)NC(=O)OCc1ccccc1)C(=O)c1ccccc1. The Bertz CT molecular complexity index is 1420. The van der Waals surface area contributed by atoms with Gasteiger partial charge in [0, 0.05) is 29.1 Å². The lowest BCUT2D eigenvalue weighted by Crippen LogP contribution is -2.55. The molecular weight excluding hydrogens is 486 g/mol. The van der Waals surface area contributed by atoms with Gasteiger partial charge in [-0.05, 0) is 17.2 Å². The molecule has 2 atom stereocenters. The zero-order valence-corrected chi connectivity index (χ0v) is 20.7. The van der Waals surface area contributed by atoms with Crippen molar-refractivity contribution >= 4 is 34.7 Å². The van der Waals surface area contributed by atoms with E-state index < -0.39 is 35.8 Å². The molecule has 2 amide bonds. The zero-order chi connectivity index (χ0) is 26.9. The number of carbonyl (C=O) groups excluding carboxylic acids is 4. The zero-order valence-electron chi connectivity index (χ0n) is 20.7. The van der Waals surface area contributed by atoms with Crippen LogP contribution >= 0.6 is 0 Å². The Labute approximate surface area is 219 Å². The fourth-order valence-corrected chi connectivity index (χ4v) is 4.00. The van der Waals surface area contributed by atoms with E-state index in [0.717, 1.165) is 29.1 Å². The average molecular weight is 514 g/mol. The normalized spacial score (nSPS) is 12.2. The largest absolute Gasteiger partial charge is 0.467 e. The molecule has 1 aromatic heterocycles. The molecule has 0 aliphatic carbocycles. The maximum absolute atomic E-state index is 13.4. The van der Waals surface area contributed by atoms with Gasteiger partial charge in [-0.3, -0.25) is 9.59 Å². The van der Waals surface area contributed by atoms with E-state index in [4.69, 9.17) is 9.47 Å². The van der Waals surface area contributed by atoms with Crippen molar-refractivity contribution in [2.24, 2.45) is 0 Å². The fraction of sp³-hybridized carbons (Fsp3) is 0.172. The molecule has 0 aliphatic heterocycles. The van der Waals surface area contributed by atoms with Crippen LogP contribution in [0, 0.1) is 0 Å². The quantitative estimate of drug-likeness (QED) is 0.169. The monoisotopic (exact) mass is 513 g/mol. The molecule has 0 aliphatic rings. The number of nitrogens with one attached hydrogen (secondary N) is 3. The van der Waals surface area contributed by atoms with Gasteiger partial charge in [0.1, 0.15) is 12.6 Å². The van der Waals surface area contributed by atoms with E-state index in [1.54, 1.807) is 36.5 Å². The molecule has 0 spiro atoms. The smallest absolute Gasteiger partial charge is 0.408 e. The Hall–Kier alpha value is -4.92. The number of hydrogen-bond acceptors (Lipinski definition) is 6. The van der Waals surface area contributed by atoms with Gasteiger partial charge in [0.15, 0.2) is 11.8 Å². The van der Waals surface area contributed by atoms with Crippen molar-refractivity contribution in [3.63, 3.8) is 0 Å². The topological polar surface area (TPSA) is 127 Å². The summed E-state index contributed by atoms with van der Waals surface area (Å²) in [5, 5.41) is 5.91. The van der Waals surface area contributed by atoms with Gasteiger partial charge < -0.3 is 25.1 Å². The number of benzene rings is 3. The number of carbonyl (C=O) groups is 4. The van der Waals surface area contributed by atoms with Gasteiger partial charge in [0.25, 0.3) is 0 Å². The highest BCUT2D eigenvalue weighted by Gasteiger charge is 2.33. The summed E-state index contributed by atoms with van der Waals surface area (Å²) in [6.07, 6.45) is 0.997. The molecule has 38 heavy (non-hydrogen) atoms. The van der Waals surface area contributed by atoms with E-state index in [2.05, 4.69) is 15.6 Å². The summed E-state index contributed by atoms with van der Waals surface area (Å²) in [6, 6.07) is 22.0. The number of ether oxygens (including phenoxy) is 2. The number of amides is 2. The number of methoxy groups -OCH3 is 1. The number of para-hydroxylation sites is 1. The minimum Gasteiger partial charge on any atom is -0.467 e. The fourth-order valence-electron chi connectivity index (χ4n) is 4.00. The van der Waals surface area contributed by atoms with Gasteiger partial charge in [-0.1, -0.05) is 78.9 Å². The summed E-state index contributed by atoms with van der Waals surface area (Å²) in [7, 11) is 1.13. The Morgan fingerprint density at radius 3 is 2.21 bits per heavy atom. The second kappa shape index (κ2) is 12.4. The van der Waals surface area contributed by atoms with Crippen molar-refractivity contribution in [2.75, 3.05) is 7.11 Å². The number of aromatic amines is 1. The van der Waals surface area contributed by atoms with Gasteiger partial charge >= 0.3 is 12.1 Å². The molecule has 4 aromatic rings. The number of hydrogen-bond donors (Lipinski definition) is 3. The number of H-pyrrole nitrogens is 1. The second-order valence-electron chi connectivity index (χ2n) is 8.52. The third kappa shape index (κ3) is 6.44. The minimum atomic E-state index is -1.59. The van der Waals surface area contributed by atoms with Crippen LogP contribution in [0.1, 0.15) is 21.5 Å². The van der Waals surface area contributed by atoms with Crippen molar-refractivity contribution < 1.29 is 28.7 Å². The number of Topliss-reactive ketones (excluding diaryl/α,β-unsaturated/α-hetero) is 1. The lowest BCUT2D eigenvalue weighted by molar-refractivity contribution is -0.143. The molecule has 3 aromatic carbocycles. The van der Waals surface area contributed by atoms with Gasteiger partial charge in [-0.25, -0.2) is 9.59 Å². The molecule has 9 nitrogen and oxygen atoms in total. The highest BCUT2D eigenvalue weighted by Crippen LogP contribution is 2.19. The van der Waals surface area contributed by atoms with Crippen molar-refractivity contribution in [1.29, 1.82) is 0 Å². The van der Waals surface area contributed by atoms with E-state index in [9.17, 15) is 19.2 Å². The lowest BCUT2D eigenvalue weighted by atomic mass is 10.0. The van der Waals surface area contributed by atoms with Crippen LogP contribution in [0.5, 0.6) is 0 Å². The first kappa shape index (κ1) is 26.2. The summed E-state index contributed by atoms with van der Waals surface area (Å²) in [5.41, 5.74) is 2.62. The molecule has 9 heteroatoms. The Morgan fingerprint density at radius 1 is 0.842 bits per heavy atom. The highest BCUT2D eigenvalue weighted by molar-refractivity contribution is 6.14. The van der Waals surface area contributed by atoms with E-state index in [-0.39, 0.29) is 18.6 Å². The van der Waals surface area contributed by atoms with Crippen LogP contribution in [0.15, 0.2) is 91.1 Å². The Morgan fingerprint density at radius 2 is 1.50 bits per heavy atom. The maximum atomic E-state index is 13.4. The van der Waals surface area contributed by atoms with Crippen LogP contribution in [0.3, 0.4) is 0 Å². The predicted molar refractivity (Wildman–Crippen MR) is 140 cm³/mol. The van der Waals surface area contributed by atoms with E-state index in [1.807, 2.05) is 42.5 Å². The first-order chi connectivity index (χ1) is 18.5. The van der Waals surface area contributed by atoms with Crippen molar-refractivity contribution in [1.82, 2.24) is 15.6 Å². The maximum Gasteiger partial charge on any atom is 0.408 e. The first-order valence-corrected chi connectivity index (χ1v) is 12.0. The number of aromatic nitrogens is 1. The van der Waals surface area contributed by atoms with Gasteiger partial charge in [0.05, 0.1) is 7.11 Å². The van der Waals surface area contributed by atoms with Crippen LogP contribution in [0.2, 0.25) is 0 Å². The highest BCUT2D eigenvalue weighted by atomic mass is 16.5. The second-order valence-corrected chi connectivity index (χ2v) is 8.52. The van der Waals surface area contributed by atoms with Gasteiger partial charge in [-0.2, -0.15) is 0 Å². The predicted octanol–water partition coefficient (Wildman–Crippen LogP) is 3.55. The Balaban J connectivity index is 1.55. The van der Waals surface area contributed by atoms with Crippen LogP contribution < -0.4 is 10.6 Å². The lowest BCUT2D eigenvalue weighted by Gasteiger charge is -2.21. The van der Waals surface area contributed by atoms with Crippen molar-refractivity contribution in [3.05, 3.63) is 108 Å². The molecule has 4 rings (SSSR count). The third-order valence-electron chi connectivity index (χ3n) is 5.96. The summed E-state index contributed by atoms with van der Waals surface area (Å²) in [4.78, 5) is 54.8. The van der Waals surface area contributed by atoms with Gasteiger partial charge in [0.2, 0.25) is 5.91 Å². The molecule has 194 valence electrons. The van der Waals surface area contributed by atoms with Crippen LogP contribution in [0.25, 0.3) is 10.9 Å². The third-order valence-corrected chi connectivity index (χ3v) is 5.96.